The molecule has 0 saturated heterocycles. The number of aliphatic hydroxyl groups is 1. The number of aliphatic hydroxyl groups excluding tert-OH is 1. The molecule has 0 aliphatic heterocycles. The predicted molar refractivity (Wildman–Crippen MR) is 46.3 cm³/mol. The van der Waals surface area contributed by atoms with Crippen molar-refractivity contribution in [3.63, 3.8) is 0 Å². The molecule has 0 heterocycles. The molecule has 0 aliphatic carbocycles. The quantitative estimate of drug-likeness (QED) is 0.721. The van der Waals surface area contributed by atoms with Gasteiger partial charge in [-0.1, -0.05) is 6.07 Å². The van der Waals surface area contributed by atoms with Gasteiger partial charge in [-0.2, -0.15) is 5.48 Å². The molecule has 78 valence electrons. The van der Waals surface area contributed by atoms with Crippen LogP contribution in [0.4, 0.5) is 8.78 Å². The van der Waals surface area contributed by atoms with Crippen LogP contribution in [-0.2, 0) is 4.84 Å². The van der Waals surface area contributed by atoms with E-state index in [9.17, 15) is 13.9 Å². The van der Waals surface area contributed by atoms with Gasteiger partial charge in [0, 0.05) is 0 Å². The topological polar surface area (TPSA) is 41.5 Å². The Morgan fingerprint density at radius 3 is 2.50 bits per heavy atom. The van der Waals surface area contributed by atoms with Gasteiger partial charge >= 0.3 is 0 Å². The molecule has 1 unspecified atom stereocenters. The van der Waals surface area contributed by atoms with Crippen LogP contribution in [0, 0.1) is 11.6 Å². The molecule has 0 saturated carbocycles. The van der Waals surface area contributed by atoms with Gasteiger partial charge in [0.05, 0.1) is 25.3 Å². The minimum atomic E-state index is -1.27. The SMILES string of the molecule is CONCC(O)c1c(F)cccc1F. The number of hydroxylamine groups is 1. The molecule has 0 aromatic heterocycles. The molecule has 0 aliphatic rings. The first-order valence-corrected chi connectivity index (χ1v) is 4.04. The van der Waals surface area contributed by atoms with Gasteiger partial charge in [0.15, 0.2) is 0 Å². The molecule has 1 aromatic rings. The van der Waals surface area contributed by atoms with E-state index in [2.05, 4.69) is 10.3 Å². The number of hydrogen-bond acceptors (Lipinski definition) is 3. The van der Waals surface area contributed by atoms with Crippen molar-refractivity contribution in [3.05, 3.63) is 35.4 Å². The molecule has 0 radical (unpaired) electrons. The lowest BCUT2D eigenvalue weighted by molar-refractivity contribution is 0.0476. The Morgan fingerprint density at radius 1 is 1.43 bits per heavy atom. The van der Waals surface area contributed by atoms with Gasteiger partial charge in [0.25, 0.3) is 0 Å². The molecule has 5 heteroatoms. The summed E-state index contributed by atoms with van der Waals surface area (Å²) in [5, 5.41) is 9.39. The lowest BCUT2D eigenvalue weighted by Gasteiger charge is -2.12. The molecule has 0 fully saturated rings. The van der Waals surface area contributed by atoms with Gasteiger partial charge in [0.1, 0.15) is 11.6 Å². The molecular weight excluding hydrogens is 192 g/mol. The number of benzene rings is 1. The highest BCUT2D eigenvalue weighted by molar-refractivity contribution is 5.22. The lowest BCUT2D eigenvalue weighted by Crippen LogP contribution is -2.21. The fraction of sp³-hybridized carbons (Fsp3) is 0.333. The third-order valence-corrected chi connectivity index (χ3v) is 1.75. The fourth-order valence-electron chi connectivity index (χ4n) is 1.09. The largest absolute Gasteiger partial charge is 0.387 e. The highest BCUT2D eigenvalue weighted by Crippen LogP contribution is 2.19. The molecule has 1 aromatic carbocycles. The normalized spacial score (nSPS) is 12.9. The zero-order chi connectivity index (χ0) is 10.6. The van der Waals surface area contributed by atoms with Crippen LogP contribution in [0.15, 0.2) is 18.2 Å². The van der Waals surface area contributed by atoms with Crippen molar-refractivity contribution in [1.82, 2.24) is 5.48 Å². The summed E-state index contributed by atoms with van der Waals surface area (Å²) in [5.41, 5.74) is 1.97. The molecular formula is C9H11F2NO2. The van der Waals surface area contributed by atoms with Crippen LogP contribution >= 0.6 is 0 Å². The minimum absolute atomic E-state index is 0.0750. The number of nitrogens with one attached hydrogen (secondary N) is 1. The Morgan fingerprint density at radius 2 is 2.00 bits per heavy atom. The molecule has 2 N–H and O–H groups in total. The van der Waals surface area contributed by atoms with Crippen molar-refractivity contribution >= 4 is 0 Å². The standard InChI is InChI=1S/C9H11F2NO2/c1-14-12-5-8(13)9-6(10)3-2-4-7(9)11/h2-4,8,12-13H,5H2,1H3. The highest BCUT2D eigenvalue weighted by Gasteiger charge is 2.16. The summed E-state index contributed by atoms with van der Waals surface area (Å²) in [5.74, 6) is -1.54. The summed E-state index contributed by atoms with van der Waals surface area (Å²) in [4.78, 5) is 4.46. The van der Waals surface area contributed by atoms with Gasteiger partial charge < -0.3 is 9.94 Å². The molecule has 14 heavy (non-hydrogen) atoms. The van der Waals surface area contributed by atoms with E-state index in [0.29, 0.717) is 0 Å². The maximum absolute atomic E-state index is 13.1. The summed E-state index contributed by atoms with van der Waals surface area (Å²) in [6.45, 7) is -0.0750. The van der Waals surface area contributed by atoms with Crippen LogP contribution < -0.4 is 5.48 Å². The van der Waals surface area contributed by atoms with Crippen molar-refractivity contribution in [3.8, 4) is 0 Å². The summed E-state index contributed by atoms with van der Waals surface area (Å²) in [6.07, 6.45) is -1.27. The molecule has 0 amide bonds. The maximum atomic E-state index is 13.1. The zero-order valence-corrected chi connectivity index (χ0v) is 7.63. The fourth-order valence-corrected chi connectivity index (χ4v) is 1.09. The molecule has 0 spiro atoms. The molecule has 1 rings (SSSR count). The Labute approximate surface area is 80.3 Å². The number of hydrogen-bond donors (Lipinski definition) is 2. The summed E-state index contributed by atoms with van der Waals surface area (Å²) >= 11 is 0. The van der Waals surface area contributed by atoms with E-state index in [4.69, 9.17) is 0 Å². The van der Waals surface area contributed by atoms with E-state index in [1.165, 1.54) is 13.2 Å². The van der Waals surface area contributed by atoms with Crippen molar-refractivity contribution in [1.29, 1.82) is 0 Å². The van der Waals surface area contributed by atoms with Gasteiger partial charge in [-0.3, -0.25) is 0 Å². The first kappa shape index (κ1) is 11.0. The smallest absolute Gasteiger partial charge is 0.131 e. The van der Waals surface area contributed by atoms with Crippen LogP contribution in [0.1, 0.15) is 11.7 Å². The molecule has 3 nitrogen and oxygen atoms in total. The van der Waals surface area contributed by atoms with Crippen molar-refractivity contribution in [2.24, 2.45) is 0 Å². The van der Waals surface area contributed by atoms with E-state index in [0.717, 1.165) is 12.1 Å². The van der Waals surface area contributed by atoms with Crippen LogP contribution in [0.2, 0.25) is 0 Å². The minimum Gasteiger partial charge on any atom is -0.387 e. The van der Waals surface area contributed by atoms with Crippen molar-refractivity contribution < 1.29 is 18.7 Å². The number of halogens is 2. The van der Waals surface area contributed by atoms with Crippen LogP contribution in [0.3, 0.4) is 0 Å². The van der Waals surface area contributed by atoms with Gasteiger partial charge in [-0.05, 0) is 12.1 Å². The zero-order valence-electron chi connectivity index (χ0n) is 7.63. The average molecular weight is 203 g/mol. The Bertz CT molecular complexity index is 287. The van der Waals surface area contributed by atoms with Gasteiger partial charge in [-0.15, -0.1) is 0 Å². The monoisotopic (exact) mass is 203 g/mol. The Kier molecular flexibility index (Phi) is 3.94. The molecule has 0 bridgehead atoms. The van der Waals surface area contributed by atoms with Gasteiger partial charge in [0.2, 0.25) is 0 Å². The second-order valence-electron chi connectivity index (χ2n) is 2.70. The summed E-state index contributed by atoms with van der Waals surface area (Å²) in [7, 11) is 1.35. The van der Waals surface area contributed by atoms with E-state index >= 15 is 0 Å². The second kappa shape index (κ2) is 4.99. The summed E-state index contributed by atoms with van der Waals surface area (Å²) in [6, 6.07) is 3.42. The second-order valence-corrected chi connectivity index (χ2v) is 2.70. The van der Waals surface area contributed by atoms with Gasteiger partial charge in [-0.25, -0.2) is 8.78 Å². The third-order valence-electron chi connectivity index (χ3n) is 1.75. The number of rotatable bonds is 4. The van der Waals surface area contributed by atoms with Crippen LogP contribution in [-0.4, -0.2) is 18.8 Å². The highest BCUT2D eigenvalue weighted by atomic mass is 19.1. The van der Waals surface area contributed by atoms with Crippen LogP contribution in [0.25, 0.3) is 0 Å². The van der Waals surface area contributed by atoms with Crippen LogP contribution in [0.5, 0.6) is 0 Å². The lowest BCUT2D eigenvalue weighted by atomic mass is 10.1. The van der Waals surface area contributed by atoms with E-state index < -0.39 is 17.7 Å². The maximum Gasteiger partial charge on any atom is 0.131 e. The Hall–Kier alpha value is -1.04. The Balaban J connectivity index is 2.82. The third kappa shape index (κ3) is 2.47. The van der Waals surface area contributed by atoms with Crippen molar-refractivity contribution in [2.75, 3.05) is 13.7 Å². The first-order valence-electron chi connectivity index (χ1n) is 4.04. The predicted octanol–water partition coefficient (Wildman–Crippen LogP) is 1.15. The summed E-state index contributed by atoms with van der Waals surface area (Å²) < 4.78 is 26.1. The van der Waals surface area contributed by atoms with E-state index in [-0.39, 0.29) is 12.1 Å². The van der Waals surface area contributed by atoms with Crippen molar-refractivity contribution in [2.45, 2.75) is 6.10 Å². The van der Waals surface area contributed by atoms with E-state index in [1.807, 2.05) is 0 Å². The van der Waals surface area contributed by atoms with E-state index in [1.54, 1.807) is 0 Å². The first-order chi connectivity index (χ1) is 6.66. The molecule has 1 atom stereocenters. The average Bonchev–Trinajstić information content (AvgIpc) is 2.14.